The molecule has 0 saturated heterocycles. The molecule has 1 aromatic carbocycles. The highest BCUT2D eigenvalue weighted by atomic mass is 35.5. The van der Waals surface area contributed by atoms with Crippen LogP contribution in [0.5, 0.6) is 0 Å². The molecule has 0 bridgehead atoms. The Hall–Kier alpha value is -2.67. The lowest BCUT2D eigenvalue weighted by Crippen LogP contribution is -2.26. The number of carbonyl (C=O) groups excluding carboxylic acids is 1. The second kappa shape index (κ2) is 6.67. The van der Waals surface area contributed by atoms with Crippen LogP contribution in [0.4, 0.5) is 0 Å². The molecule has 0 atom stereocenters. The van der Waals surface area contributed by atoms with Crippen LogP contribution >= 0.6 is 11.6 Å². The SMILES string of the molecule is O=C(Cc1cc(=O)[nH]c(=O)[nH]1)NN=Cc1ccccc1Cl. The van der Waals surface area contributed by atoms with Crippen LogP contribution in [-0.2, 0) is 11.2 Å². The summed E-state index contributed by atoms with van der Waals surface area (Å²) in [5.74, 6) is -0.473. The minimum Gasteiger partial charge on any atom is -0.311 e. The highest BCUT2D eigenvalue weighted by Gasteiger charge is 2.04. The van der Waals surface area contributed by atoms with Gasteiger partial charge in [0, 0.05) is 22.3 Å². The van der Waals surface area contributed by atoms with Gasteiger partial charge in [0.05, 0.1) is 12.6 Å². The van der Waals surface area contributed by atoms with Crippen LogP contribution in [0.1, 0.15) is 11.3 Å². The maximum Gasteiger partial charge on any atom is 0.325 e. The molecule has 0 spiro atoms. The molecule has 0 aliphatic carbocycles. The number of halogens is 1. The normalized spacial score (nSPS) is 10.7. The number of amides is 1. The van der Waals surface area contributed by atoms with Gasteiger partial charge < -0.3 is 4.98 Å². The number of benzene rings is 1. The number of hydrazone groups is 1. The molecule has 7 nitrogen and oxygen atoms in total. The van der Waals surface area contributed by atoms with Gasteiger partial charge >= 0.3 is 5.69 Å². The summed E-state index contributed by atoms with van der Waals surface area (Å²) in [4.78, 5) is 38.1. The molecule has 0 radical (unpaired) electrons. The van der Waals surface area contributed by atoms with E-state index in [2.05, 4.69) is 15.5 Å². The van der Waals surface area contributed by atoms with Crippen LogP contribution in [0.3, 0.4) is 0 Å². The van der Waals surface area contributed by atoms with Crippen molar-refractivity contribution >= 4 is 23.7 Å². The highest BCUT2D eigenvalue weighted by Crippen LogP contribution is 2.11. The molecule has 108 valence electrons. The molecule has 0 aliphatic heterocycles. The molecule has 0 aliphatic rings. The van der Waals surface area contributed by atoms with Crippen LogP contribution in [0.2, 0.25) is 5.02 Å². The van der Waals surface area contributed by atoms with Gasteiger partial charge in [-0.3, -0.25) is 14.6 Å². The number of nitrogens with one attached hydrogen (secondary N) is 3. The third-order valence-electron chi connectivity index (χ3n) is 2.47. The largest absolute Gasteiger partial charge is 0.325 e. The third-order valence-corrected chi connectivity index (χ3v) is 2.81. The van der Waals surface area contributed by atoms with E-state index in [1.54, 1.807) is 24.3 Å². The van der Waals surface area contributed by atoms with E-state index in [0.717, 1.165) is 6.07 Å². The van der Waals surface area contributed by atoms with E-state index in [-0.39, 0.29) is 12.1 Å². The number of hydrogen-bond acceptors (Lipinski definition) is 4. The fraction of sp³-hybridized carbons (Fsp3) is 0.0769. The Labute approximate surface area is 123 Å². The molecule has 1 heterocycles. The summed E-state index contributed by atoms with van der Waals surface area (Å²) in [7, 11) is 0. The lowest BCUT2D eigenvalue weighted by atomic mass is 10.2. The van der Waals surface area contributed by atoms with Crippen molar-refractivity contribution in [3.63, 3.8) is 0 Å². The summed E-state index contributed by atoms with van der Waals surface area (Å²) in [6, 6.07) is 8.15. The monoisotopic (exact) mass is 306 g/mol. The van der Waals surface area contributed by atoms with E-state index in [1.807, 2.05) is 4.98 Å². The summed E-state index contributed by atoms with van der Waals surface area (Å²) in [6.45, 7) is 0. The lowest BCUT2D eigenvalue weighted by Gasteiger charge is -2.00. The average molecular weight is 307 g/mol. The Balaban J connectivity index is 1.98. The second-order valence-electron chi connectivity index (χ2n) is 4.10. The summed E-state index contributed by atoms with van der Waals surface area (Å²) in [5, 5.41) is 4.27. The van der Waals surface area contributed by atoms with Crippen molar-refractivity contribution in [3.8, 4) is 0 Å². The first-order valence-electron chi connectivity index (χ1n) is 5.93. The Morgan fingerprint density at radius 1 is 1.29 bits per heavy atom. The van der Waals surface area contributed by atoms with Crippen molar-refractivity contribution in [2.75, 3.05) is 0 Å². The molecule has 1 amide bonds. The van der Waals surface area contributed by atoms with Crippen LogP contribution in [0.25, 0.3) is 0 Å². The molecule has 0 saturated carbocycles. The van der Waals surface area contributed by atoms with Gasteiger partial charge in [-0.1, -0.05) is 29.8 Å². The first kappa shape index (κ1) is 14.7. The van der Waals surface area contributed by atoms with E-state index in [0.29, 0.717) is 10.6 Å². The van der Waals surface area contributed by atoms with Crippen molar-refractivity contribution in [1.82, 2.24) is 15.4 Å². The van der Waals surface area contributed by atoms with Crippen LogP contribution in [-0.4, -0.2) is 22.1 Å². The Morgan fingerprint density at radius 3 is 2.76 bits per heavy atom. The Morgan fingerprint density at radius 2 is 2.05 bits per heavy atom. The van der Waals surface area contributed by atoms with Crippen LogP contribution < -0.4 is 16.7 Å². The molecular formula is C13H11ClN4O3. The zero-order valence-corrected chi connectivity index (χ0v) is 11.5. The van der Waals surface area contributed by atoms with Crippen molar-refractivity contribution in [1.29, 1.82) is 0 Å². The van der Waals surface area contributed by atoms with Crippen molar-refractivity contribution in [2.45, 2.75) is 6.42 Å². The van der Waals surface area contributed by atoms with Gasteiger partial charge in [0.1, 0.15) is 0 Å². The number of carbonyl (C=O) groups is 1. The molecule has 21 heavy (non-hydrogen) atoms. The first-order valence-corrected chi connectivity index (χ1v) is 6.31. The highest BCUT2D eigenvalue weighted by molar-refractivity contribution is 6.33. The number of rotatable bonds is 4. The predicted molar refractivity (Wildman–Crippen MR) is 78.6 cm³/mol. The molecular weight excluding hydrogens is 296 g/mol. The van der Waals surface area contributed by atoms with Crippen molar-refractivity contribution < 1.29 is 4.79 Å². The maximum atomic E-state index is 11.6. The van der Waals surface area contributed by atoms with Gasteiger partial charge in [0.25, 0.3) is 5.56 Å². The molecule has 2 aromatic rings. The molecule has 8 heteroatoms. The Kier molecular flexibility index (Phi) is 4.68. The van der Waals surface area contributed by atoms with Crippen molar-refractivity contribution in [2.24, 2.45) is 5.10 Å². The fourth-order valence-electron chi connectivity index (χ4n) is 1.58. The van der Waals surface area contributed by atoms with E-state index in [4.69, 9.17) is 11.6 Å². The first-order chi connectivity index (χ1) is 10.0. The zero-order chi connectivity index (χ0) is 15.2. The number of aromatic amines is 2. The van der Waals surface area contributed by atoms with Gasteiger partial charge in [-0.15, -0.1) is 0 Å². The molecule has 0 fully saturated rings. The topological polar surface area (TPSA) is 107 Å². The average Bonchev–Trinajstić information content (AvgIpc) is 2.39. The quantitative estimate of drug-likeness (QED) is 0.562. The minimum atomic E-state index is -0.662. The van der Waals surface area contributed by atoms with Gasteiger partial charge in [-0.25, -0.2) is 10.2 Å². The number of aromatic nitrogens is 2. The Bertz CT molecular complexity index is 766. The second-order valence-corrected chi connectivity index (χ2v) is 4.51. The van der Waals surface area contributed by atoms with Crippen molar-refractivity contribution in [3.05, 3.63) is 67.4 Å². The molecule has 2 rings (SSSR count). The summed E-state index contributed by atoms with van der Waals surface area (Å²) < 4.78 is 0. The lowest BCUT2D eigenvalue weighted by molar-refractivity contribution is -0.120. The van der Waals surface area contributed by atoms with Gasteiger partial charge in [0.2, 0.25) is 5.91 Å². The number of H-pyrrole nitrogens is 2. The summed E-state index contributed by atoms with van der Waals surface area (Å²) in [6.07, 6.45) is 1.24. The summed E-state index contributed by atoms with van der Waals surface area (Å²) >= 11 is 5.92. The zero-order valence-electron chi connectivity index (χ0n) is 10.7. The van der Waals surface area contributed by atoms with Gasteiger partial charge in [-0.2, -0.15) is 5.10 Å². The number of nitrogens with zero attached hydrogens (tertiary/aromatic N) is 1. The van der Waals surface area contributed by atoms with Gasteiger partial charge in [-0.05, 0) is 6.07 Å². The number of hydrogen-bond donors (Lipinski definition) is 3. The fourth-order valence-corrected chi connectivity index (χ4v) is 1.77. The van der Waals surface area contributed by atoms with E-state index in [1.165, 1.54) is 6.21 Å². The van der Waals surface area contributed by atoms with E-state index >= 15 is 0 Å². The van der Waals surface area contributed by atoms with E-state index in [9.17, 15) is 14.4 Å². The predicted octanol–water partition coefficient (Wildman–Crippen LogP) is 0.409. The molecule has 3 N–H and O–H groups in total. The molecule has 0 unspecified atom stereocenters. The summed E-state index contributed by atoms with van der Waals surface area (Å²) in [5.41, 5.74) is 1.91. The van der Waals surface area contributed by atoms with Crippen LogP contribution in [0.15, 0.2) is 45.0 Å². The smallest absolute Gasteiger partial charge is 0.311 e. The standard InChI is InChI=1S/C13H11ClN4O3/c14-10-4-2-1-3-8(10)7-15-18-12(20)6-9-5-11(19)17-13(21)16-9/h1-5,7H,6H2,(H,18,20)(H2,16,17,19,21). The maximum absolute atomic E-state index is 11.6. The van der Waals surface area contributed by atoms with Crippen LogP contribution in [0, 0.1) is 0 Å². The third kappa shape index (κ3) is 4.43. The van der Waals surface area contributed by atoms with E-state index < -0.39 is 17.2 Å². The molecule has 1 aromatic heterocycles. The minimum absolute atomic E-state index is 0.168. The van der Waals surface area contributed by atoms with Gasteiger partial charge in [0.15, 0.2) is 0 Å².